The number of nitroso groups, excluding NO2 is 1. The number of nitrogens with two attached hydrogens (primary N) is 1. The summed E-state index contributed by atoms with van der Waals surface area (Å²) in [6.07, 6.45) is 15.6. The molecule has 0 bridgehead atoms. The van der Waals surface area contributed by atoms with Crippen LogP contribution in [0.15, 0.2) is 41.6 Å². The van der Waals surface area contributed by atoms with Gasteiger partial charge in [0.25, 0.3) is 0 Å². The van der Waals surface area contributed by atoms with Gasteiger partial charge in [-0.3, -0.25) is 15.6 Å². The van der Waals surface area contributed by atoms with Gasteiger partial charge in [0.15, 0.2) is 0 Å². The summed E-state index contributed by atoms with van der Waals surface area (Å²) in [6.45, 7) is 8.80. The highest BCUT2D eigenvalue weighted by atomic mass is 16.5. The predicted molar refractivity (Wildman–Crippen MR) is 146 cm³/mol. The lowest BCUT2D eigenvalue weighted by Gasteiger charge is -2.22. The predicted octanol–water partition coefficient (Wildman–Crippen LogP) is 7.34. The topological polar surface area (TPSA) is 129 Å². The fraction of sp³-hybridized carbons (Fsp3) is 0.536. The number of carbonyl (C=O) groups is 1. The van der Waals surface area contributed by atoms with Gasteiger partial charge in [0, 0.05) is 6.42 Å². The molecular weight excluding hydrogens is 440 g/mol. The van der Waals surface area contributed by atoms with Gasteiger partial charge >= 0.3 is 5.97 Å². The van der Waals surface area contributed by atoms with Crippen molar-refractivity contribution in [3.63, 3.8) is 0 Å². The first-order chi connectivity index (χ1) is 16.6. The van der Waals surface area contributed by atoms with Gasteiger partial charge < -0.3 is 10.5 Å². The third kappa shape index (κ3) is 11.7. The van der Waals surface area contributed by atoms with Crippen LogP contribution in [-0.2, 0) is 21.4 Å². The van der Waals surface area contributed by atoms with Gasteiger partial charge in [0.1, 0.15) is 5.69 Å². The maximum absolute atomic E-state index is 11.9. The number of esters is 1. The average molecular weight is 483 g/mol. The van der Waals surface area contributed by atoms with E-state index in [1.165, 1.54) is 25.7 Å². The normalized spacial score (nSPS) is 12.8. The van der Waals surface area contributed by atoms with Gasteiger partial charge in [-0.25, -0.2) is 0 Å². The molecule has 1 aromatic carbocycles. The van der Waals surface area contributed by atoms with E-state index < -0.39 is 0 Å². The Balaban J connectivity index is 0.000000642. The van der Waals surface area contributed by atoms with Crippen molar-refractivity contribution in [3.8, 4) is 0 Å². The molecule has 7 heteroatoms. The van der Waals surface area contributed by atoms with Crippen LogP contribution in [0.1, 0.15) is 90.2 Å². The molecule has 0 aliphatic heterocycles. The first kappa shape index (κ1) is 29.9. The molecule has 0 spiro atoms. The van der Waals surface area contributed by atoms with Crippen LogP contribution >= 0.6 is 0 Å². The molecule has 0 atom stereocenters. The Kier molecular flexibility index (Phi) is 13.5. The van der Waals surface area contributed by atoms with Crippen LogP contribution in [0, 0.1) is 15.7 Å². The van der Waals surface area contributed by atoms with E-state index in [2.05, 4.69) is 12.1 Å². The van der Waals surface area contributed by atoms with Crippen LogP contribution in [0.5, 0.6) is 0 Å². The number of aryl methyl sites for hydroxylation is 1. The second kappa shape index (κ2) is 15.7. The first-order valence-electron chi connectivity index (χ1n) is 12.5. The number of unbranched alkanes of at least 4 members (excludes halogenated alkanes) is 5. The number of ether oxygens (including phenoxy) is 1. The van der Waals surface area contributed by atoms with Crippen molar-refractivity contribution < 1.29 is 9.53 Å². The van der Waals surface area contributed by atoms with Gasteiger partial charge in [-0.1, -0.05) is 78.0 Å². The van der Waals surface area contributed by atoms with E-state index in [1.807, 2.05) is 26.8 Å². The number of nitrogen functional groups attached to an aromatic ring is 1. The highest BCUT2D eigenvalue weighted by molar-refractivity contribution is 6.48. The van der Waals surface area contributed by atoms with E-state index in [0.29, 0.717) is 30.8 Å². The largest absolute Gasteiger partial charge is 0.466 e. The van der Waals surface area contributed by atoms with Gasteiger partial charge in [0.05, 0.1) is 23.7 Å². The summed E-state index contributed by atoms with van der Waals surface area (Å²) in [5, 5.41) is 17.2. The number of hydrogen-bond donors (Lipinski definition) is 3. The average Bonchev–Trinajstić information content (AvgIpc) is 2.80. The lowest BCUT2D eigenvalue weighted by atomic mass is 9.84. The van der Waals surface area contributed by atoms with Crippen molar-refractivity contribution in [2.45, 2.75) is 90.9 Å². The van der Waals surface area contributed by atoms with Crippen LogP contribution < -0.4 is 5.73 Å². The zero-order chi connectivity index (χ0) is 26.3. The summed E-state index contributed by atoms with van der Waals surface area (Å²) in [5.74, 6) is -0.140. The van der Waals surface area contributed by atoms with E-state index in [9.17, 15) is 9.70 Å². The lowest BCUT2D eigenvalue weighted by Crippen LogP contribution is -2.13. The minimum Gasteiger partial charge on any atom is -0.466 e. The Hall–Kier alpha value is -3.09. The molecule has 0 fully saturated rings. The van der Waals surface area contributed by atoms with Gasteiger partial charge in [-0.05, 0) is 59.2 Å². The highest BCUT2D eigenvalue weighted by Crippen LogP contribution is 2.37. The molecule has 7 nitrogen and oxygen atoms in total. The molecule has 1 aromatic rings. The van der Waals surface area contributed by atoms with E-state index in [4.69, 9.17) is 21.3 Å². The van der Waals surface area contributed by atoms with Crippen molar-refractivity contribution in [3.05, 3.63) is 52.5 Å². The Bertz CT molecular complexity index is 905. The standard InChI is InChI=1S/C22H36N2O3.C6H6N2/c1-5-6-7-8-9-10-14-27-20(25)13-11-12-17-15-18(22(2,3)4)21(24-26)19(23)16-17;7-5-3-1-2-4-6(5)8/h15-16H,5-14,23H2,1-4H3;1-4,7-8H. The third-order valence-corrected chi connectivity index (χ3v) is 5.63. The van der Waals surface area contributed by atoms with E-state index in [0.717, 1.165) is 30.4 Å². The maximum atomic E-state index is 11.9. The van der Waals surface area contributed by atoms with E-state index >= 15 is 0 Å². The molecule has 2 rings (SSSR count). The minimum absolute atomic E-state index is 0.140. The third-order valence-electron chi connectivity index (χ3n) is 5.63. The number of carbonyl (C=O) groups excluding carboxylic acids is 1. The molecule has 0 saturated heterocycles. The van der Waals surface area contributed by atoms with Crippen LogP contribution in [0.3, 0.4) is 0 Å². The molecule has 4 N–H and O–H groups in total. The summed E-state index contributed by atoms with van der Waals surface area (Å²) in [7, 11) is 0. The smallest absolute Gasteiger partial charge is 0.305 e. The molecule has 35 heavy (non-hydrogen) atoms. The molecule has 1 aliphatic carbocycles. The number of allylic oxidation sites excluding steroid dienone is 4. The lowest BCUT2D eigenvalue weighted by molar-refractivity contribution is -0.143. The minimum atomic E-state index is -0.219. The number of anilines is 1. The monoisotopic (exact) mass is 482 g/mol. The van der Waals surface area contributed by atoms with Crippen LogP contribution in [0.25, 0.3) is 0 Å². The van der Waals surface area contributed by atoms with Gasteiger partial charge in [0.2, 0.25) is 0 Å². The van der Waals surface area contributed by atoms with Gasteiger partial charge in [-0.2, -0.15) is 0 Å². The van der Waals surface area contributed by atoms with Crippen molar-refractivity contribution in [2.75, 3.05) is 12.3 Å². The molecule has 0 unspecified atom stereocenters. The maximum Gasteiger partial charge on any atom is 0.305 e. The highest BCUT2D eigenvalue weighted by Gasteiger charge is 2.21. The summed E-state index contributed by atoms with van der Waals surface area (Å²) < 4.78 is 5.30. The number of rotatable bonds is 12. The quantitative estimate of drug-likeness (QED) is 0.0945. The van der Waals surface area contributed by atoms with Crippen LogP contribution in [0.2, 0.25) is 0 Å². The Morgan fingerprint density at radius 2 is 1.57 bits per heavy atom. The van der Waals surface area contributed by atoms with Crippen LogP contribution in [-0.4, -0.2) is 24.0 Å². The van der Waals surface area contributed by atoms with Crippen molar-refractivity contribution in [1.29, 1.82) is 10.8 Å². The number of nitrogens with zero attached hydrogens (tertiary/aromatic N) is 1. The van der Waals surface area contributed by atoms with Gasteiger partial charge in [-0.15, -0.1) is 4.91 Å². The van der Waals surface area contributed by atoms with Crippen molar-refractivity contribution in [1.82, 2.24) is 0 Å². The molecule has 0 amide bonds. The number of benzene rings is 1. The fourth-order valence-electron chi connectivity index (χ4n) is 3.60. The number of hydrogen-bond acceptors (Lipinski definition) is 7. The Morgan fingerprint density at radius 3 is 2.11 bits per heavy atom. The summed E-state index contributed by atoms with van der Waals surface area (Å²) in [5.41, 5.74) is 8.94. The Labute approximate surface area is 210 Å². The molecular formula is C28H42N4O3. The zero-order valence-corrected chi connectivity index (χ0v) is 21.8. The summed E-state index contributed by atoms with van der Waals surface area (Å²) in [6, 6.07) is 3.77. The molecule has 0 aromatic heterocycles. The first-order valence-corrected chi connectivity index (χ1v) is 12.5. The second-order valence-electron chi connectivity index (χ2n) is 9.81. The molecule has 0 heterocycles. The molecule has 1 aliphatic rings. The van der Waals surface area contributed by atoms with E-state index in [1.54, 1.807) is 30.4 Å². The van der Waals surface area contributed by atoms with Crippen LogP contribution in [0.4, 0.5) is 11.4 Å². The molecule has 0 radical (unpaired) electrons. The second-order valence-corrected chi connectivity index (χ2v) is 9.81. The summed E-state index contributed by atoms with van der Waals surface area (Å²) in [4.78, 5) is 23.0. The zero-order valence-electron chi connectivity index (χ0n) is 21.8. The fourth-order valence-corrected chi connectivity index (χ4v) is 3.60. The molecule has 192 valence electrons. The van der Waals surface area contributed by atoms with E-state index in [-0.39, 0.29) is 22.8 Å². The SMILES string of the molecule is CCCCCCCCOC(=O)CCCc1cc(N)c(N=O)c(C(C)(C)C)c1.N=C1C=CC=CC1=N. The molecule has 0 saturated carbocycles. The Morgan fingerprint density at radius 1 is 0.971 bits per heavy atom. The van der Waals surface area contributed by atoms with Crippen molar-refractivity contribution >= 4 is 28.8 Å². The van der Waals surface area contributed by atoms with Crippen molar-refractivity contribution in [2.24, 2.45) is 5.18 Å². The number of nitrogens with one attached hydrogen (secondary N) is 2. The summed E-state index contributed by atoms with van der Waals surface area (Å²) >= 11 is 0.